The second-order valence-corrected chi connectivity index (χ2v) is 4.95. The normalized spacial score (nSPS) is 10.6. The predicted octanol–water partition coefficient (Wildman–Crippen LogP) is 2.81. The van der Waals surface area contributed by atoms with Crippen molar-refractivity contribution >= 4 is 17.4 Å². The second-order valence-electron chi connectivity index (χ2n) is 4.01. The molecule has 2 aromatic rings. The number of thioether (sulfide) groups is 1. The van der Waals surface area contributed by atoms with Crippen LogP contribution in [0.25, 0.3) is 0 Å². The predicted molar refractivity (Wildman–Crippen MR) is 73.1 cm³/mol. The van der Waals surface area contributed by atoms with Crippen molar-refractivity contribution in [1.29, 1.82) is 0 Å². The molecule has 7 heteroatoms. The molecule has 0 unspecified atom stereocenters. The van der Waals surface area contributed by atoms with E-state index in [2.05, 4.69) is 10.2 Å². The molecule has 0 amide bonds. The topological polar surface area (TPSA) is 73.8 Å². The van der Waals surface area contributed by atoms with Crippen molar-refractivity contribution < 1.29 is 4.92 Å². The van der Waals surface area contributed by atoms with Gasteiger partial charge in [0.25, 0.3) is 5.69 Å². The van der Waals surface area contributed by atoms with Gasteiger partial charge in [-0.05, 0) is 19.4 Å². The third-order valence-electron chi connectivity index (χ3n) is 2.89. The molecule has 19 heavy (non-hydrogen) atoms. The van der Waals surface area contributed by atoms with Crippen LogP contribution in [0.1, 0.15) is 18.1 Å². The molecule has 0 saturated carbocycles. The van der Waals surface area contributed by atoms with Crippen LogP contribution in [0.5, 0.6) is 0 Å². The number of rotatable bonds is 5. The first-order valence-corrected chi connectivity index (χ1v) is 6.85. The van der Waals surface area contributed by atoms with Crippen molar-refractivity contribution in [2.75, 3.05) is 0 Å². The summed E-state index contributed by atoms with van der Waals surface area (Å²) in [5.41, 5.74) is 1.82. The zero-order valence-corrected chi connectivity index (χ0v) is 11.6. The highest BCUT2D eigenvalue weighted by Gasteiger charge is 2.14. The van der Waals surface area contributed by atoms with E-state index in [1.807, 2.05) is 17.6 Å². The molecule has 2 rings (SSSR count). The molecule has 0 aliphatic rings. The fourth-order valence-corrected chi connectivity index (χ4v) is 2.78. The molecule has 1 heterocycles. The molecule has 100 valence electrons. The molecule has 0 aliphatic carbocycles. The van der Waals surface area contributed by atoms with Gasteiger partial charge in [-0.15, -0.1) is 10.2 Å². The van der Waals surface area contributed by atoms with Gasteiger partial charge in [-0.2, -0.15) is 0 Å². The van der Waals surface area contributed by atoms with Crippen LogP contribution in [0, 0.1) is 17.0 Å². The Morgan fingerprint density at radius 3 is 2.95 bits per heavy atom. The molecule has 0 radical (unpaired) electrons. The third kappa shape index (κ3) is 2.93. The number of benzene rings is 1. The van der Waals surface area contributed by atoms with Crippen molar-refractivity contribution in [3.05, 3.63) is 45.8 Å². The summed E-state index contributed by atoms with van der Waals surface area (Å²) in [5.74, 6) is 0.645. The van der Waals surface area contributed by atoms with Gasteiger partial charge < -0.3 is 4.57 Å². The lowest BCUT2D eigenvalue weighted by atomic mass is 10.1. The lowest BCUT2D eigenvalue weighted by Gasteiger charge is -2.06. The Bertz CT molecular complexity index is 597. The van der Waals surface area contributed by atoms with Crippen LogP contribution >= 0.6 is 11.8 Å². The van der Waals surface area contributed by atoms with E-state index in [-0.39, 0.29) is 10.6 Å². The first kappa shape index (κ1) is 13.5. The lowest BCUT2D eigenvalue weighted by Crippen LogP contribution is -1.97. The minimum Gasteiger partial charge on any atom is -0.309 e. The summed E-state index contributed by atoms with van der Waals surface area (Å²) in [6, 6.07) is 5.14. The maximum absolute atomic E-state index is 10.9. The number of nitro benzene ring substituents is 1. The molecule has 6 nitrogen and oxygen atoms in total. The minimum atomic E-state index is -0.349. The van der Waals surface area contributed by atoms with E-state index in [0.29, 0.717) is 11.3 Å². The lowest BCUT2D eigenvalue weighted by molar-refractivity contribution is -0.385. The summed E-state index contributed by atoms with van der Waals surface area (Å²) in [4.78, 5) is 10.5. The van der Waals surface area contributed by atoms with E-state index in [9.17, 15) is 10.1 Å². The molecule has 0 atom stereocenters. The van der Waals surface area contributed by atoms with Crippen molar-refractivity contribution in [2.45, 2.75) is 31.3 Å². The largest absolute Gasteiger partial charge is 0.309 e. The van der Waals surface area contributed by atoms with Gasteiger partial charge in [0.1, 0.15) is 6.33 Å². The molecule has 0 aliphatic heterocycles. The van der Waals surface area contributed by atoms with Crippen LogP contribution in [0.15, 0.2) is 29.7 Å². The van der Waals surface area contributed by atoms with Gasteiger partial charge in [0.05, 0.1) is 4.92 Å². The van der Waals surface area contributed by atoms with Gasteiger partial charge in [-0.25, -0.2) is 0 Å². The molecule has 1 aromatic heterocycles. The number of aryl methyl sites for hydroxylation is 1. The fraction of sp³-hybridized carbons (Fsp3) is 0.333. The highest BCUT2D eigenvalue weighted by atomic mass is 32.2. The molecular weight excluding hydrogens is 264 g/mol. The quantitative estimate of drug-likeness (QED) is 0.477. The van der Waals surface area contributed by atoms with Gasteiger partial charge in [0, 0.05) is 23.9 Å². The van der Waals surface area contributed by atoms with Gasteiger partial charge in [0.2, 0.25) is 0 Å². The van der Waals surface area contributed by atoms with Crippen molar-refractivity contribution in [3.8, 4) is 0 Å². The monoisotopic (exact) mass is 278 g/mol. The summed E-state index contributed by atoms with van der Waals surface area (Å²) in [5, 5.41) is 19.6. The smallest absolute Gasteiger partial charge is 0.272 e. The van der Waals surface area contributed by atoms with Crippen LogP contribution in [0.2, 0.25) is 0 Å². The number of aromatic nitrogens is 3. The van der Waals surface area contributed by atoms with Gasteiger partial charge in [-0.1, -0.05) is 23.9 Å². The van der Waals surface area contributed by atoms with Crippen LogP contribution in [-0.2, 0) is 12.3 Å². The molecule has 0 spiro atoms. The summed E-state index contributed by atoms with van der Waals surface area (Å²) in [6.07, 6.45) is 1.68. The number of hydrogen-bond donors (Lipinski definition) is 0. The first-order chi connectivity index (χ1) is 9.13. The maximum Gasteiger partial charge on any atom is 0.272 e. The average molecular weight is 278 g/mol. The van der Waals surface area contributed by atoms with Crippen molar-refractivity contribution in [3.63, 3.8) is 0 Å². The van der Waals surface area contributed by atoms with E-state index in [1.165, 1.54) is 17.8 Å². The van der Waals surface area contributed by atoms with E-state index >= 15 is 0 Å². The van der Waals surface area contributed by atoms with E-state index in [4.69, 9.17) is 0 Å². The Balaban J connectivity index is 2.16. The number of nitro groups is 1. The Hall–Kier alpha value is -1.89. The minimum absolute atomic E-state index is 0.162. The Kier molecular flexibility index (Phi) is 4.16. The second kappa shape index (κ2) is 5.83. The molecule has 0 fully saturated rings. The van der Waals surface area contributed by atoms with Crippen LogP contribution in [-0.4, -0.2) is 19.7 Å². The molecule has 1 aromatic carbocycles. The van der Waals surface area contributed by atoms with E-state index in [0.717, 1.165) is 17.3 Å². The van der Waals surface area contributed by atoms with E-state index < -0.39 is 0 Å². The van der Waals surface area contributed by atoms with Crippen LogP contribution in [0.3, 0.4) is 0 Å². The number of hydrogen-bond acceptors (Lipinski definition) is 5. The Morgan fingerprint density at radius 1 is 1.47 bits per heavy atom. The summed E-state index contributed by atoms with van der Waals surface area (Å²) < 4.78 is 1.94. The van der Waals surface area contributed by atoms with Gasteiger partial charge in [-0.3, -0.25) is 10.1 Å². The SMILES string of the molecule is CCn1cnnc1SCc1cccc([N+](=O)[O-])c1C. The average Bonchev–Trinajstić information content (AvgIpc) is 2.84. The Morgan fingerprint density at radius 2 is 2.26 bits per heavy atom. The summed E-state index contributed by atoms with van der Waals surface area (Å²) in [7, 11) is 0. The molecule has 0 N–H and O–H groups in total. The summed E-state index contributed by atoms with van der Waals surface area (Å²) in [6.45, 7) is 4.61. The van der Waals surface area contributed by atoms with Gasteiger partial charge in [0.15, 0.2) is 5.16 Å². The number of nitrogens with zero attached hydrogens (tertiary/aromatic N) is 4. The molecule has 0 saturated heterocycles. The summed E-state index contributed by atoms with van der Waals surface area (Å²) >= 11 is 1.53. The molecule has 0 bridgehead atoms. The highest BCUT2D eigenvalue weighted by molar-refractivity contribution is 7.98. The first-order valence-electron chi connectivity index (χ1n) is 5.87. The van der Waals surface area contributed by atoms with Crippen LogP contribution < -0.4 is 0 Å². The standard InChI is InChI=1S/C12H14N4O2S/c1-3-15-8-13-14-12(15)19-7-10-5-4-6-11(9(10)2)16(17)18/h4-6,8H,3,7H2,1-2H3. The molecular formula is C12H14N4O2S. The van der Waals surface area contributed by atoms with Gasteiger partial charge >= 0.3 is 0 Å². The zero-order chi connectivity index (χ0) is 13.8. The van der Waals surface area contributed by atoms with Crippen molar-refractivity contribution in [2.24, 2.45) is 0 Å². The third-order valence-corrected chi connectivity index (χ3v) is 3.92. The van der Waals surface area contributed by atoms with Crippen LogP contribution in [0.4, 0.5) is 5.69 Å². The Labute approximate surface area is 115 Å². The highest BCUT2D eigenvalue weighted by Crippen LogP contribution is 2.27. The fourth-order valence-electron chi connectivity index (χ4n) is 1.74. The van der Waals surface area contributed by atoms with E-state index in [1.54, 1.807) is 19.3 Å². The van der Waals surface area contributed by atoms with Crippen molar-refractivity contribution in [1.82, 2.24) is 14.8 Å². The zero-order valence-electron chi connectivity index (χ0n) is 10.7. The maximum atomic E-state index is 10.9.